The van der Waals surface area contributed by atoms with E-state index in [1.165, 1.54) is 23.9 Å². The fourth-order valence-corrected chi connectivity index (χ4v) is 5.77. The second kappa shape index (κ2) is 8.77. The molecule has 3 unspecified atom stereocenters. The van der Waals surface area contributed by atoms with E-state index in [1.54, 1.807) is 18.6 Å². The molecule has 3 atom stereocenters. The average molecular weight is 489 g/mol. The summed E-state index contributed by atoms with van der Waals surface area (Å²) in [5.74, 6) is 0.190. The monoisotopic (exact) mass is 488 g/mol. The van der Waals surface area contributed by atoms with Gasteiger partial charge in [0.15, 0.2) is 6.29 Å². The number of hydrogen-bond donors (Lipinski definition) is 1. The van der Waals surface area contributed by atoms with Crippen molar-refractivity contribution in [3.63, 3.8) is 0 Å². The highest BCUT2D eigenvalue weighted by Crippen LogP contribution is 2.42. The first-order valence-electron chi connectivity index (χ1n) is 11.3. The first kappa shape index (κ1) is 22.3. The van der Waals surface area contributed by atoms with E-state index in [0.29, 0.717) is 35.6 Å². The van der Waals surface area contributed by atoms with Crippen molar-refractivity contribution >= 4 is 22.7 Å². The number of aromatic nitrogens is 1. The number of nitrogens with zero attached hydrogens (tertiary/aromatic N) is 2. The van der Waals surface area contributed by atoms with Crippen LogP contribution in [0.5, 0.6) is 0 Å². The van der Waals surface area contributed by atoms with E-state index in [9.17, 15) is 14.8 Å². The van der Waals surface area contributed by atoms with Gasteiger partial charge in [-0.1, -0.05) is 12.1 Å². The normalized spacial score (nSPS) is 23.5. The Bertz CT molecular complexity index is 1440. The molecule has 0 saturated carbocycles. The highest BCUT2D eigenvalue weighted by Gasteiger charge is 2.45. The van der Waals surface area contributed by atoms with Crippen molar-refractivity contribution in [3.05, 3.63) is 83.7 Å². The van der Waals surface area contributed by atoms with Gasteiger partial charge in [0, 0.05) is 34.4 Å². The van der Waals surface area contributed by atoms with Gasteiger partial charge in [-0.2, -0.15) is 5.26 Å². The molecule has 2 fully saturated rings. The van der Waals surface area contributed by atoms with Gasteiger partial charge >= 0.3 is 0 Å². The van der Waals surface area contributed by atoms with Gasteiger partial charge in [-0.15, -0.1) is 11.8 Å². The summed E-state index contributed by atoms with van der Waals surface area (Å²) in [6, 6.07) is 16.4. The number of ether oxygens (including phenoxy) is 2. The highest BCUT2D eigenvalue weighted by atomic mass is 32.2. The summed E-state index contributed by atoms with van der Waals surface area (Å²) < 4.78 is 30.9. The Morgan fingerprint density at radius 2 is 2.09 bits per heavy atom. The largest absolute Gasteiger partial charge is 0.472 e. The lowest BCUT2D eigenvalue weighted by molar-refractivity contribution is -0.159. The van der Waals surface area contributed by atoms with Crippen molar-refractivity contribution in [3.8, 4) is 17.2 Å². The second-order valence-electron chi connectivity index (χ2n) is 8.96. The van der Waals surface area contributed by atoms with Gasteiger partial charge in [0.2, 0.25) is 0 Å². The van der Waals surface area contributed by atoms with E-state index in [2.05, 4.69) is 11.1 Å². The van der Waals surface area contributed by atoms with E-state index >= 15 is 0 Å². The maximum atomic E-state index is 14.5. The van der Waals surface area contributed by atoms with Crippen LogP contribution < -0.4 is 0 Å². The highest BCUT2D eigenvalue weighted by molar-refractivity contribution is 7.98. The zero-order chi connectivity index (χ0) is 24.0. The molecule has 2 saturated heterocycles. The van der Waals surface area contributed by atoms with Crippen LogP contribution in [0.25, 0.3) is 22.0 Å². The van der Waals surface area contributed by atoms with Gasteiger partial charge in [-0.25, -0.2) is 9.37 Å². The Hall–Kier alpha value is -3.22. The van der Waals surface area contributed by atoms with Crippen LogP contribution >= 0.6 is 11.8 Å². The Kier molecular flexibility index (Phi) is 5.58. The predicted molar refractivity (Wildman–Crippen MR) is 128 cm³/mol. The predicted octanol–water partition coefficient (Wildman–Crippen LogP) is 5.52. The summed E-state index contributed by atoms with van der Waals surface area (Å²) in [5, 5.41) is 21.6. The first-order valence-corrected chi connectivity index (χ1v) is 12.3. The van der Waals surface area contributed by atoms with Crippen LogP contribution in [0.15, 0.2) is 70.4 Å². The van der Waals surface area contributed by atoms with E-state index < -0.39 is 11.9 Å². The van der Waals surface area contributed by atoms with Crippen LogP contribution in [0.3, 0.4) is 0 Å². The van der Waals surface area contributed by atoms with Crippen molar-refractivity contribution in [2.75, 3.05) is 6.61 Å². The maximum Gasteiger partial charge on any atom is 0.161 e. The molecule has 6 rings (SSSR count). The zero-order valence-electron chi connectivity index (χ0n) is 18.6. The van der Waals surface area contributed by atoms with Gasteiger partial charge in [0.05, 0.1) is 36.4 Å². The Balaban J connectivity index is 1.26. The molecule has 2 aromatic heterocycles. The molecule has 2 aliphatic heterocycles. The Morgan fingerprint density at radius 3 is 2.89 bits per heavy atom. The number of halogens is 1. The number of benzene rings is 2. The lowest BCUT2D eigenvalue weighted by Gasteiger charge is -2.35. The lowest BCUT2D eigenvalue weighted by Crippen LogP contribution is -2.39. The van der Waals surface area contributed by atoms with Gasteiger partial charge < -0.3 is 19.0 Å². The summed E-state index contributed by atoms with van der Waals surface area (Å²) in [4.78, 5) is 5.21. The van der Waals surface area contributed by atoms with Gasteiger partial charge in [0.1, 0.15) is 17.6 Å². The Labute approximate surface area is 205 Å². The summed E-state index contributed by atoms with van der Waals surface area (Å²) in [6.45, 7) is 0.454. The van der Waals surface area contributed by atoms with Crippen LogP contribution in [0.2, 0.25) is 0 Å². The van der Waals surface area contributed by atoms with Crippen LogP contribution in [0.1, 0.15) is 29.7 Å². The topological polar surface area (TPSA) is 88.5 Å². The third kappa shape index (κ3) is 4.32. The van der Waals surface area contributed by atoms with E-state index in [-0.39, 0.29) is 18.3 Å². The summed E-state index contributed by atoms with van der Waals surface area (Å²) in [5.41, 5.74) is 3.18. The minimum Gasteiger partial charge on any atom is -0.472 e. The third-order valence-electron chi connectivity index (χ3n) is 6.52. The zero-order valence-corrected chi connectivity index (χ0v) is 19.4. The smallest absolute Gasteiger partial charge is 0.161 e. The van der Waals surface area contributed by atoms with E-state index in [4.69, 9.17) is 13.9 Å². The van der Waals surface area contributed by atoms with Crippen molar-refractivity contribution in [1.29, 1.82) is 5.26 Å². The average Bonchev–Trinajstić information content (AvgIpc) is 3.51. The minimum absolute atomic E-state index is 0.173. The van der Waals surface area contributed by atoms with E-state index in [0.717, 1.165) is 27.0 Å². The summed E-state index contributed by atoms with van der Waals surface area (Å²) >= 11 is 1.48. The Morgan fingerprint density at radius 1 is 1.17 bits per heavy atom. The lowest BCUT2D eigenvalue weighted by atomic mass is 9.84. The number of hydrogen-bond acceptors (Lipinski definition) is 7. The maximum absolute atomic E-state index is 14.5. The first-order chi connectivity index (χ1) is 17.0. The second-order valence-corrected chi connectivity index (χ2v) is 10.0. The molecule has 6 nitrogen and oxygen atoms in total. The molecule has 0 aliphatic carbocycles. The van der Waals surface area contributed by atoms with Crippen molar-refractivity contribution in [2.24, 2.45) is 0 Å². The van der Waals surface area contributed by atoms with Crippen molar-refractivity contribution < 1.29 is 23.4 Å². The molecule has 0 amide bonds. The molecule has 35 heavy (non-hydrogen) atoms. The van der Waals surface area contributed by atoms with Crippen LogP contribution in [-0.4, -0.2) is 29.1 Å². The molecule has 2 aliphatic rings. The van der Waals surface area contributed by atoms with Crippen LogP contribution in [0, 0.1) is 17.1 Å². The molecular weight excluding hydrogens is 467 g/mol. The molecule has 4 aromatic rings. The molecule has 2 bridgehead atoms. The molecule has 2 aromatic carbocycles. The van der Waals surface area contributed by atoms with Crippen LogP contribution in [0.4, 0.5) is 4.39 Å². The van der Waals surface area contributed by atoms with Gasteiger partial charge in [-0.3, -0.25) is 0 Å². The molecular formula is C27H21FN2O4S. The number of pyridine rings is 1. The quantitative estimate of drug-likeness (QED) is 0.370. The minimum atomic E-state index is -1.18. The molecule has 0 radical (unpaired) electrons. The van der Waals surface area contributed by atoms with Gasteiger partial charge in [-0.05, 0) is 53.1 Å². The number of nitriles is 1. The third-order valence-corrected chi connectivity index (χ3v) is 7.56. The number of furan rings is 1. The molecule has 8 heteroatoms. The summed E-state index contributed by atoms with van der Waals surface area (Å²) in [6.07, 6.45) is 3.29. The summed E-state index contributed by atoms with van der Waals surface area (Å²) in [7, 11) is 0. The van der Waals surface area contributed by atoms with E-state index in [1.807, 2.05) is 30.3 Å². The number of rotatable bonds is 5. The molecule has 4 heterocycles. The number of aliphatic hydroxyl groups is 1. The SMILES string of the molecule is N#Cc1cc(-c2ccoc2)c2ccc(CSc3cc(F)cc(C4(O)CC5COC(C4)O5)c3)cc2n1. The number of fused-ring (bicyclic) bond motifs is 3. The molecule has 1 N–H and O–H groups in total. The fourth-order valence-electron chi connectivity index (χ4n) is 4.85. The molecule has 0 spiro atoms. The van der Waals surface area contributed by atoms with Gasteiger partial charge in [0.25, 0.3) is 0 Å². The van der Waals surface area contributed by atoms with Crippen molar-refractivity contribution in [2.45, 2.75) is 41.5 Å². The fraction of sp³-hybridized carbons (Fsp3) is 0.259. The van der Waals surface area contributed by atoms with Crippen LogP contribution in [-0.2, 0) is 20.8 Å². The van der Waals surface area contributed by atoms with Crippen molar-refractivity contribution in [1.82, 2.24) is 4.98 Å². The number of thioether (sulfide) groups is 1. The molecule has 176 valence electrons. The standard InChI is InChI=1S/C27H21FN2O4S/c28-19-6-18(27(31)10-21-14-33-26(11-27)34-21)7-22(8-19)35-15-16-1-2-23-24(17-3-4-32-13-17)9-20(12-29)30-25(23)5-16/h1-9,13,21,26,31H,10-11,14-15H2.